The second-order valence-electron chi connectivity index (χ2n) is 4.35. The third-order valence-corrected chi connectivity index (χ3v) is 2.84. The predicted octanol–water partition coefficient (Wildman–Crippen LogP) is 2.13. The molecule has 0 unspecified atom stereocenters. The molecule has 1 aliphatic rings. The Labute approximate surface area is 96.8 Å². The fourth-order valence-electron chi connectivity index (χ4n) is 1.67. The maximum Gasteiger partial charge on any atom is 0.130 e. The molecule has 1 aromatic heterocycles. The van der Waals surface area contributed by atoms with Crippen LogP contribution in [0.5, 0.6) is 0 Å². The van der Waals surface area contributed by atoms with Crippen LogP contribution in [0.15, 0.2) is 18.3 Å². The standard InChI is InChI=1S/C13H19N3/c1-10-7-9-16-13(14)12(10)4-2-3-8-15-11-5-6-11/h2,4,7,9,11,15H,3,5-6,8H2,1H3,(H2,14,16). The van der Waals surface area contributed by atoms with E-state index in [0.717, 1.165) is 24.6 Å². The van der Waals surface area contributed by atoms with Crippen LogP contribution in [0.3, 0.4) is 0 Å². The van der Waals surface area contributed by atoms with Gasteiger partial charge in [0.2, 0.25) is 0 Å². The summed E-state index contributed by atoms with van der Waals surface area (Å²) in [6, 6.07) is 2.77. The smallest absolute Gasteiger partial charge is 0.130 e. The number of rotatable bonds is 5. The molecule has 0 aromatic carbocycles. The molecule has 3 heteroatoms. The molecule has 3 N–H and O–H groups in total. The molecule has 0 saturated heterocycles. The van der Waals surface area contributed by atoms with Crippen molar-refractivity contribution in [1.29, 1.82) is 0 Å². The fourth-order valence-corrected chi connectivity index (χ4v) is 1.67. The van der Waals surface area contributed by atoms with Crippen LogP contribution in [0.25, 0.3) is 6.08 Å². The van der Waals surface area contributed by atoms with Crippen LogP contribution in [-0.2, 0) is 0 Å². The number of aryl methyl sites for hydroxylation is 1. The van der Waals surface area contributed by atoms with Crippen LogP contribution < -0.4 is 11.1 Å². The molecule has 1 aromatic rings. The third-order valence-electron chi connectivity index (χ3n) is 2.84. The molecule has 86 valence electrons. The highest BCUT2D eigenvalue weighted by molar-refractivity contribution is 5.63. The van der Waals surface area contributed by atoms with Gasteiger partial charge in [-0.05, 0) is 44.4 Å². The molecule has 0 bridgehead atoms. The summed E-state index contributed by atoms with van der Waals surface area (Å²) in [4.78, 5) is 4.09. The Bertz CT molecular complexity index is 361. The van der Waals surface area contributed by atoms with Crippen molar-refractivity contribution in [3.63, 3.8) is 0 Å². The van der Waals surface area contributed by atoms with Gasteiger partial charge >= 0.3 is 0 Å². The van der Waals surface area contributed by atoms with Gasteiger partial charge in [0, 0.05) is 17.8 Å². The van der Waals surface area contributed by atoms with E-state index in [9.17, 15) is 0 Å². The van der Waals surface area contributed by atoms with Crippen molar-refractivity contribution in [2.24, 2.45) is 0 Å². The van der Waals surface area contributed by atoms with Crippen molar-refractivity contribution < 1.29 is 0 Å². The van der Waals surface area contributed by atoms with E-state index in [2.05, 4.69) is 29.4 Å². The van der Waals surface area contributed by atoms with E-state index in [1.165, 1.54) is 18.4 Å². The zero-order valence-electron chi connectivity index (χ0n) is 9.74. The van der Waals surface area contributed by atoms with Gasteiger partial charge in [-0.3, -0.25) is 0 Å². The van der Waals surface area contributed by atoms with Gasteiger partial charge in [0.05, 0.1) is 0 Å². The first kappa shape index (κ1) is 11.1. The molecular weight excluding hydrogens is 198 g/mol. The van der Waals surface area contributed by atoms with Crippen LogP contribution >= 0.6 is 0 Å². The maximum absolute atomic E-state index is 5.82. The summed E-state index contributed by atoms with van der Waals surface area (Å²) in [7, 11) is 0. The second-order valence-corrected chi connectivity index (χ2v) is 4.35. The van der Waals surface area contributed by atoms with Gasteiger partial charge in [-0.25, -0.2) is 4.98 Å². The van der Waals surface area contributed by atoms with Crippen molar-refractivity contribution in [2.45, 2.75) is 32.2 Å². The molecule has 2 rings (SSSR count). The Balaban J connectivity index is 1.84. The van der Waals surface area contributed by atoms with E-state index >= 15 is 0 Å². The Morgan fingerprint density at radius 1 is 1.56 bits per heavy atom. The number of nitrogens with two attached hydrogens (primary N) is 1. The lowest BCUT2D eigenvalue weighted by Gasteiger charge is -2.03. The molecule has 3 nitrogen and oxygen atoms in total. The molecule has 1 heterocycles. The summed E-state index contributed by atoms with van der Waals surface area (Å²) in [6.45, 7) is 3.11. The van der Waals surface area contributed by atoms with Crippen LogP contribution in [0, 0.1) is 6.92 Å². The summed E-state index contributed by atoms with van der Waals surface area (Å²) in [5, 5.41) is 3.47. The third kappa shape index (κ3) is 3.07. The normalized spacial score (nSPS) is 15.8. The summed E-state index contributed by atoms with van der Waals surface area (Å²) in [5.41, 5.74) is 8.05. The number of nitrogens with zero attached hydrogens (tertiary/aromatic N) is 1. The molecule has 1 saturated carbocycles. The van der Waals surface area contributed by atoms with Gasteiger partial charge in [-0.2, -0.15) is 0 Å². The van der Waals surface area contributed by atoms with Gasteiger partial charge in [-0.1, -0.05) is 12.2 Å². The van der Waals surface area contributed by atoms with Crippen molar-refractivity contribution >= 4 is 11.9 Å². The fraction of sp³-hybridized carbons (Fsp3) is 0.462. The molecule has 16 heavy (non-hydrogen) atoms. The lowest BCUT2D eigenvalue weighted by molar-refractivity contribution is 0.691. The molecule has 1 aliphatic carbocycles. The Morgan fingerprint density at radius 2 is 2.38 bits per heavy atom. The quantitative estimate of drug-likeness (QED) is 0.743. The Morgan fingerprint density at radius 3 is 3.06 bits per heavy atom. The van der Waals surface area contributed by atoms with E-state index in [1.807, 2.05) is 6.07 Å². The van der Waals surface area contributed by atoms with E-state index in [1.54, 1.807) is 6.20 Å². The van der Waals surface area contributed by atoms with Gasteiger partial charge in [0.15, 0.2) is 0 Å². The number of aromatic nitrogens is 1. The minimum absolute atomic E-state index is 0.617. The molecular formula is C13H19N3. The van der Waals surface area contributed by atoms with Gasteiger partial charge in [0.1, 0.15) is 5.82 Å². The topological polar surface area (TPSA) is 50.9 Å². The monoisotopic (exact) mass is 217 g/mol. The maximum atomic E-state index is 5.82. The van der Waals surface area contributed by atoms with E-state index in [0.29, 0.717) is 5.82 Å². The highest BCUT2D eigenvalue weighted by atomic mass is 14.9. The predicted molar refractivity (Wildman–Crippen MR) is 68.1 cm³/mol. The summed E-state index contributed by atoms with van der Waals surface area (Å²) in [5.74, 6) is 0.617. The first-order valence-corrected chi connectivity index (χ1v) is 5.88. The second kappa shape index (κ2) is 5.12. The van der Waals surface area contributed by atoms with Crippen LogP contribution in [0.1, 0.15) is 30.4 Å². The van der Waals surface area contributed by atoms with Crippen LogP contribution in [0.2, 0.25) is 0 Å². The number of nitrogen functional groups attached to an aromatic ring is 1. The van der Waals surface area contributed by atoms with Crippen LogP contribution in [-0.4, -0.2) is 17.6 Å². The number of anilines is 1. The zero-order chi connectivity index (χ0) is 11.4. The molecule has 0 amide bonds. The summed E-state index contributed by atoms with van der Waals surface area (Å²) in [6.07, 6.45) is 9.72. The molecule has 1 fully saturated rings. The number of nitrogens with one attached hydrogen (secondary N) is 1. The van der Waals surface area contributed by atoms with Crippen molar-refractivity contribution in [1.82, 2.24) is 10.3 Å². The van der Waals surface area contributed by atoms with Gasteiger partial charge in [0.25, 0.3) is 0 Å². The average molecular weight is 217 g/mol. The van der Waals surface area contributed by atoms with Gasteiger partial charge in [-0.15, -0.1) is 0 Å². The van der Waals surface area contributed by atoms with Crippen LogP contribution in [0.4, 0.5) is 5.82 Å². The first-order valence-electron chi connectivity index (χ1n) is 5.88. The highest BCUT2D eigenvalue weighted by Crippen LogP contribution is 2.18. The van der Waals surface area contributed by atoms with E-state index in [-0.39, 0.29) is 0 Å². The zero-order valence-corrected chi connectivity index (χ0v) is 9.74. The van der Waals surface area contributed by atoms with E-state index < -0.39 is 0 Å². The molecule has 0 aliphatic heterocycles. The SMILES string of the molecule is Cc1ccnc(N)c1C=CCCNC1CC1. The van der Waals surface area contributed by atoms with Crippen molar-refractivity contribution in [2.75, 3.05) is 12.3 Å². The summed E-state index contributed by atoms with van der Waals surface area (Å²) >= 11 is 0. The number of hydrogen-bond acceptors (Lipinski definition) is 3. The lowest BCUT2D eigenvalue weighted by Crippen LogP contribution is -2.16. The molecule has 0 atom stereocenters. The summed E-state index contributed by atoms with van der Waals surface area (Å²) < 4.78 is 0. The Kier molecular flexibility index (Phi) is 3.57. The minimum Gasteiger partial charge on any atom is -0.383 e. The Hall–Kier alpha value is -1.35. The first-order chi connectivity index (χ1) is 7.77. The van der Waals surface area contributed by atoms with Gasteiger partial charge < -0.3 is 11.1 Å². The largest absolute Gasteiger partial charge is 0.383 e. The van der Waals surface area contributed by atoms with Crippen molar-refractivity contribution in [3.8, 4) is 0 Å². The van der Waals surface area contributed by atoms with Crippen molar-refractivity contribution in [3.05, 3.63) is 29.5 Å². The minimum atomic E-state index is 0.617. The number of pyridine rings is 1. The molecule has 0 spiro atoms. The lowest BCUT2D eigenvalue weighted by atomic mass is 10.1. The highest BCUT2D eigenvalue weighted by Gasteiger charge is 2.19. The molecule has 0 radical (unpaired) electrons. The average Bonchev–Trinajstić information content (AvgIpc) is 3.05. The number of hydrogen-bond donors (Lipinski definition) is 2. The van der Waals surface area contributed by atoms with E-state index in [4.69, 9.17) is 5.73 Å².